The van der Waals surface area contributed by atoms with Crippen molar-refractivity contribution in [3.05, 3.63) is 35.7 Å². The van der Waals surface area contributed by atoms with Crippen LogP contribution in [-0.2, 0) is 14.5 Å². The predicted molar refractivity (Wildman–Crippen MR) is 509 cm³/mol. The van der Waals surface area contributed by atoms with Crippen molar-refractivity contribution in [2.75, 3.05) is 45.8 Å². The van der Waals surface area contributed by atoms with Gasteiger partial charge in [0.25, 0.3) is 0 Å². The number of hydrazine groups is 3. The zero-order valence-corrected chi connectivity index (χ0v) is 84.9. The summed E-state index contributed by atoms with van der Waals surface area (Å²) in [4.78, 5) is 38.7. The van der Waals surface area contributed by atoms with E-state index >= 15 is 0 Å². The highest BCUT2D eigenvalue weighted by atomic mass is 16.8. The first kappa shape index (κ1) is 99.0. The van der Waals surface area contributed by atoms with Crippen LogP contribution in [0, 0.1) is 0 Å². The van der Waals surface area contributed by atoms with Gasteiger partial charge in [0, 0.05) is 183 Å². The predicted octanol–water partition coefficient (Wildman–Crippen LogP) is 15.4. The Morgan fingerprint density at radius 2 is 0.431 bits per heavy atom. The molecule has 0 aromatic heterocycles. The van der Waals surface area contributed by atoms with E-state index in [-0.39, 0.29) is 137 Å². The van der Waals surface area contributed by atoms with Crippen molar-refractivity contribution in [1.82, 2.24) is 104 Å². The van der Waals surface area contributed by atoms with E-state index in [2.05, 4.69) is 349 Å². The van der Waals surface area contributed by atoms with Crippen molar-refractivity contribution >= 4 is 17.5 Å². The quantitative estimate of drug-likeness (QED) is 0.0335. The summed E-state index contributed by atoms with van der Waals surface area (Å²) in [7, 11) is 0. The van der Waals surface area contributed by atoms with E-state index in [1.165, 1.54) is 0 Å². The molecule has 0 amide bonds. The normalized spacial score (nSPS) is 27.8. The largest absolute Gasteiger partial charge is 0.354 e. The molecule has 26 nitrogen and oxygen atoms in total. The lowest BCUT2D eigenvalue weighted by molar-refractivity contribution is -0.245. The molecule has 0 spiro atoms. The number of nitrogens with zero attached hydrogens (tertiary/aromatic N) is 12. The van der Waals surface area contributed by atoms with Gasteiger partial charge >= 0.3 is 0 Å². The van der Waals surface area contributed by atoms with Gasteiger partial charge in [0.05, 0.1) is 18.3 Å². The third kappa shape index (κ3) is 27.7. The average Bonchev–Trinajstić information content (AvgIpc) is 0.771. The topological polar surface area (TPSA) is 226 Å². The van der Waals surface area contributed by atoms with E-state index < -0.39 is 0 Å². The highest BCUT2D eigenvalue weighted by Crippen LogP contribution is 2.43. The fourth-order valence-corrected chi connectivity index (χ4v) is 26.3. The lowest BCUT2D eigenvalue weighted by Gasteiger charge is -2.53. The fraction of sp³-hybridized carbons (Fsp3) is 0.907. The molecule has 0 bridgehead atoms. The fourth-order valence-electron chi connectivity index (χ4n) is 26.3. The third-order valence-electron chi connectivity index (χ3n) is 27.6. The van der Waals surface area contributed by atoms with E-state index in [9.17, 15) is 0 Å². The zero-order chi connectivity index (χ0) is 90.9. The van der Waals surface area contributed by atoms with Crippen molar-refractivity contribution < 1.29 is 14.5 Å². The molecule has 8 saturated heterocycles. The molecule has 0 unspecified atom stereocenters. The highest BCUT2D eigenvalue weighted by Gasteiger charge is 2.51. The Kier molecular flexibility index (Phi) is 29.2. The molecule has 11 rings (SSSR count). The molecule has 0 aromatic carbocycles. The van der Waals surface area contributed by atoms with E-state index in [0.717, 1.165) is 196 Å². The standard InChI is InChI=1S/C97H185N23O3/c1-36-39-42-113(68-52-82(4,5)104-83(6,7)53-68)77-49-76(98-118(99-77)121-73-62-92(24,25)109-93(26,27)63-73)112(45-47-116(71-58-88(16,17)107-89(18,19)59-71)80-50-78(100-119(102-80)122-74-64-94(28,29)110-95(30,31)65-74)114(43-40-37-2)69-54-84(8,9)105-85(10,11)55-69)46-48-117(72-60-90(20,21)108-91(22,23)61-72)81-51-79(101-120(103-81)123-75-66-96(32,33)111-97(34,35)67-75)115(44-41-38-3)70-56-86(12,13)106-87(14,15)57-70/h49-51,68-75,99,102-111H,36-48,52-67H2,1-35H3. The first-order valence-corrected chi connectivity index (χ1v) is 48.8. The van der Waals surface area contributed by atoms with Gasteiger partial charge in [-0.3, -0.25) is 0 Å². The molecule has 123 heavy (non-hydrogen) atoms. The monoisotopic (exact) mass is 1720 g/mol. The molecule has 11 aliphatic heterocycles. The molecule has 8 fully saturated rings. The van der Waals surface area contributed by atoms with Crippen LogP contribution in [0.4, 0.5) is 0 Å². The van der Waals surface area contributed by atoms with Gasteiger partial charge in [0.2, 0.25) is 0 Å². The summed E-state index contributed by atoms with van der Waals surface area (Å²) < 4.78 is 0. The number of hydrogen-bond acceptors (Lipinski definition) is 26. The van der Waals surface area contributed by atoms with Gasteiger partial charge in [-0.2, -0.15) is 0 Å². The number of amidine groups is 3. The van der Waals surface area contributed by atoms with Crippen LogP contribution >= 0.6 is 0 Å². The van der Waals surface area contributed by atoms with Gasteiger partial charge in [-0.15, -0.1) is 15.3 Å². The lowest BCUT2D eigenvalue weighted by Crippen LogP contribution is -2.65. The number of rotatable bonds is 29. The molecular formula is C97H185N23O3. The third-order valence-corrected chi connectivity index (χ3v) is 27.6. The Morgan fingerprint density at radius 1 is 0.252 bits per heavy atom. The van der Waals surface area contributed by atoms with E-state index in [4.69, 9.17) is 29.8 Å². The maximum atomic E-state index is 7.56. The van der Waals surface area contributed by atoms with Crippen LogP contribution in [0.3, 0.4) is 0 Å². The minimum atomic E-state index is -0.214. The molecule has 11 heterocycles. The minimum Gasteiger partial charge on any atom is -0.354 e. The second-order valence-electron chi connectivity index (χ2n) is 51.0. The first-order valence-electron chi connectivity index (χ1n) is 48.8. The molecule has 11 N–H and O–H groups in total. The van der Waals surface area contributed by atoms with Crippen molar-refractivity contribution in [3.8, 4) is 0 Å². The molecule has 0 radical (unpaired) electrons. The number of nitrogens with one attached hydrogen (secondary N) is 11. The first-order chi connectivity index (χ1) is 56.3. The van der Waals surface area contributed by atoms with Crippen LogP contribution in [0.1, 0.15) is 384 Å². The van der Waals surface area contributed by atoms with Crippen molar-refractivity contribution in [2.45, 2.75) is 521 Å². The second-order valence-corrected chi connectivity index (χ2v) is 51.0. The van der Waals surface area contributed by atoms with Gasteiger partial charge in [-0.1, -0.05) is 55.9 Å². The number of unbranched alkanes of at least 4 members (excludes halogenated alkanes) is 3. The summed E-state index contributed by atoms with van der Waals surface area (Å²) in [6.45, 7) is 87.8. The van der Waals surface area contributed by atoms with E-state index in [1.807, 2.05) is 15.8 Å². The Hall–Kier alpha value is -4.61. The Bertz CT molecular complexity index is 3460. The van der Waals surface area contributed by atoms with Gasteiger partial charge < -0.3 is 71.9 Å². The molecule has 11 aliphatic rings. The Labute approximate surface area is 749 Å². The van der Waals surface area contributed by atoms with Crippen LogP contribution < -0.4 is 58.8 Å². The number of hydrazone groups is 3. The van der Waals surface area contributed by atoms with Crippen LogP contribution in [-0.4, -0.2) is 246 Å². The summed E-state index contributed by atoms with van der Waals surface area (Å²) in [6.07, 6.45) is 27.5. The molecular weight excluding hydrogens is 1540 g/mol. The molecule has 0 atom stereocenters. The highest BCUT2D eigenvalue weighted by molar-refractivity contribution is 5.95. The summed E-state index contributed by atoms with van der Waals surface area (Å²) in [5, 5.41) is 55.2. The van der Waals surface area contributed by atoms with Crippen molar-refractivity contribution in [3.63, 3.8) is 0 Å². The maximum Gasteiger partial charge on any atom is 0.157 e. The van der Waals surface area contributed by atoms with E-state index in [1.54, 1.807) is 0 Å². The molecule has 0 saturated carbocycles. The molecule has 0 aliphatic carbocycles. The summed E-state index contributed by atoms with van der Waals surface area (Å²) in [5.41, 5.74) is 9.48. The van der Waals surface area contributed by atoms with Gasteiger partial charge in [-0.25, -0.2) is 30.8 Å². The SMILES string of the molecule is CCCCN(C1=CC(N(CCN(C2=CC(N(CCCC)C3CC(C)(C)NC(C)(C)C3)=NN(OC3CC(C)(C)NC(C)(C)C3)N2)C2CC(C)(C)NC(C)(C)C2)CCN(C2=CC(N(CCCC)C3CC(C)(C)NC(C)(C)C3)=NN(OC3CC(C)(C)NC(C)(C)C3)N2)C2CC(C)(C)NC(C)(C)C2)=NN(OC2CC(C)(C)NC(C)(C)C2)N1)C1CC(C)(C)NC(C)(C)C1. The smallest absolute Gasteiger partial charge is 0.157 e. The van der Waals surface area contributed by atoms with E-state index in [0.29, 0.717) is 26.2 Å². The van der Waals surface area contributed by atoms with Crippen molar-refractivity contribution in [2.24, 2.45) is 15.3 Å². The molecule has 706 valence electrons. The Morgan fingerprint density at radius 3 is 0.650 bits per heavy atom. The maximum absolute atomic E-state index is 7.56. The summed E-state index contributed by atoms with van der Waals surface area (Å²) in [5.74, 6) is 5.72. The van der Waals surface area contributed by atoms with Crippen molar-refractivity contribution in [1.29, 1.82) is 0 Å². The Balaban J connectivity index is 1.12. The average molecular weight is 1720 g/mol. The second kappa shape index (κ2) is 36.3. The van der Waals surface area contributed by atoms with Crippen LogP contribution in [0.25, 0.3) is 0 Å². The van der Waals surface area contributed by atoms with Crippen LogP contribution in [0.5, 0.6) is 0 Å². The molecule has 26 heteroatoms. The van der Waals surface area contributed by atoms with Crippen LogP contribution in [0.2, 0.25) is 0 Å². The summed E-state index contributed by atoms with van der Waals surface area (Å²) in [6, 6.07) is 0.760. The van der Waals surface area contributed by atoms with Crippen LogP contribution in [0.15, 0.2) is 51.0 Å². The summed E-state index contributed by atoms with van der Waals surface area (Å²) >= 11 is 0. The van der Waals surface area contributed by atoms with Gasteiger partial charge in [0.1, 0.15) is 17.5 Å². The van der Waals surface area contributed by atoms with Gasteiger partial charge in [-0.05, 0) is 344 Å². The minimum absolute atomic E-state index is 0.0677. The number of piperidine rings is 8. The van der Waals surface area contributed by atoms with Gasteiger partial charge in [0.15, 0.2) is 17.5 Å². The number of hydrogen-bond donors (Lipinski definition) is 11. The molecule has 0 aromatic rings. The zero-order valence-electron chi connectivity index (χ0n) is 84.9. The lowest BCUT2D eigenvalue weighted by atomic mass is 9.78.